The van der Waals surface area contributed by atoms with E-state index >= 15 is 0 Å². The number of aryl methyl sites for hydroxylation is 1. The van der Waals surface area contributed by atoms with E-state index in [1.807, 2.05) is 30.8 Å². The maximum absolute atomic E-state index is 13.5. The van der Waals surface area contributed by atoms with E-state index in [1.54, 1.807) is 16.8 Å². The topological polar surface area (TPSA) is 60.0 Å². The van der Waals surface area contributed by atoms with Gasteiger partial charge in [-0.15, -0.1) is 0 Å². The first-order valence-corrected chi connectivity index (χ1v) is 8.77. The van der Waals surface area contributed by atoms with Crippen LogP contribution in [0.4, 0.5) is 4.39 Å². The highest BCUT2D eigenvalue weighted by molar-refractivity contribution is 5.93. The molecule has 1 fully saturated rings. The maximum atomic E-state index is 13.5. The summed E-state index contributed by atoms with van der Waals surface area (Å²) < 4.78 is 17.3. The lowest BCUT2D eigenvalue weighted by Gasteiger charge is -2.09. The largest absolute Gasteiger partial charge is 0.478 e. The fourth-order valence-electron chi connectivity index (χ4n) is 3.42. The van der Waals surface area contributed by atoms with Crippen LogP contribution in [0.25, 0.3) is 22.8 Å². The fraction of sp³-hybridized carbons (Fsp3) is 0.300. The second kappa shape index (κ2) is 6.12. The second-order valence-corrected chi connectivity index (χ2v) is 6.74. The minimum absolute atomic E-state index is 0.279. The summed E-state index contributed by atoms with van der Waals surface area (Å²) in [5.74, 6) is -0.00486. The molecule has 0 atom stereocenters. The Labute approximate surface area is 150 Å². The molecule has 1 aromatic carbocycles. The molecule has 0 aliphatic heterocycles. The highest BCUT2D eigenvalue weighted by atomic mass is 19.1. The Morgan fingerprint density at radius 3 is 2.81 bits per heavy atom. The molecule has 4 rings (SSSR count). The van der Waals surface area contributed by atoms with Crippen LogP contribution >= 0.6 is 0 Å². The lowest BCUT2D eigenvalue weighted by atomic mass is 10.1. The van der Waals surface area contributed by atoms with Crippen molar-refractivity contribution in [2.24, 2.45) is 7.05 Å². The Morgan fingerprint density at radius 2 is 2.15 bits per heavy atom. The molecule has 134 valence electrons. The second-order valence-electron chi connectivity index (χ2n) is 6.74. The van der Waals surface area contributed by atoms with Crippen LogP contribution in [0.1, 0.15) is 43.4 Å². The normalized spacial score (nSPS) is 15.0. The van der Waals surface area contributed by atoms with Gasteiger partial charge in [-0.2, -0.15) is 5.10 Å². The maximum Gasteiger partial charge on any atom is 0.331 e. The van der Waals surface area contributed by atoms with Gasteiger partial charge in [-0.3, -0.25) is 4.68 Å². The highest BCUT2D eigenvalue weighted by Gasteiger charge is 2.31. The van der Waals surface area contributed by atoms with Crippen molar-refractivity contribution >= 4 is 22.9 Å². The number of nitrogens with zero attached hydrogens (tertiary/aromatic N) is 3. The van der Waals surface area contributed by atoms with Crippen molar-refractivity contribution in [2.75, 3.05) is 0 Å². The quantitative estimate of drug-likeness (QED) is 0.697. The van der Waals surface area contributed by atoms with Crippen LogP contribution in [0.15, 0.2) is 36.0 Å². The number of halogens is 1. The third-order valence-electron chi connectivity index (χ3n) is 4.90. The summed E-state index contributed by atoms with van der Waals surface area (Å²) in [5, 5.41) is 14.9. The molecule has 26 heavy (non-hydrogen) atoms. The molecule has 1 saturated carbocycles. The van der Waals surface area contributed by atoms with Gasteiger partial charge in [0.2, 0.25) is 0 Å². The lowest BCUT2D eigenvalue weighted by Crippen LogP contribution is -2.04. The van der Waals surface area contributed by atoms with Crippen molar-refractivity contribution in [3.63, 3.8) is 0 Å². The number of carbonyl (C=O) groups is 1. The standard InChI is InChI=1S/C20H20FN3O2/c1-3-12(20(25)26)11-16-18(13-4-5-13)22-23(2)19(16)24-9-8-14-10-15(21)6-7-17(14)24/h6-11,13H,3-5H2,1-2H3,(H,25,26)/b12-11+. The van der Waals surface area contributed by atoms with Crippen LogP contribution in [0.3, 0.4) is 0 Å². The Hall–Kier alpha value is -2.89. The molecule has 1 aliphatic carbocycles. The summed E-state index contributed by atoms with van der Waals surface area (Å²) in [6, 6.07) is 6.52. The van der Waals surface area contributed by atoms with Crippen LogP contribution < -0.4 is 0 Å². The molecule has 0 amide bonds. The molecule has 0 saturated heterocycles. The SMILES string of the molecule is CC/C(=C\c1c(C2CC2)nn(C)c1-n1ccc2cc(F)ccc21)C(=O)O. The molecule has 5 nitrogen and oxygen atoms in total. The molecule has 1 aliphatic rings. The number of carboxylic acids is 1. The summed E-state index contributed by atoms with van der Waals surface area (Å²) in [6.07, 6.45) is 6.20. The van der Waals surface area contributed by atoms with Gasteiger partial charge >= 0.3 is 5.97 Å². The van der Waals surface area contributed by atoms with Gasteiger partial charge in [-0.1, -0.05) is 6.92 Å². The van der Waals surface area contributed by atoms with E-state index in [4.69, 9.17) is 0 Å². The van der Waals surface area contributed by atoms with E-state index in [0.717, 1.165) is 40.8 Å². The lowest BCUT2D eigenvalue weighted by molar-refractivity contribution is -0.132. The van der Waals surface area contributed by atoms with E-state index in [9.17, 15) is 14.3 Å². The van der Waals surface area contributed by atoms with Gasteiger partial charge in [0.1, 0.15) is 11.6 Å². The van der Waals surface area contributed by atoms with Gasteiger partial charge in [0.05, 0.1) is 11.2 Å². The zero-order valence-electron chi connectivity index (χ0n) is 14.7. The number of hydrogen-bond acceptors (Lipinski definition) is 2. The van der Waals surface area contributed by atoms with Gasteiger partial charge in [0, 0.05) is 35.7 Å². The van der Waals surface area contributed by atoms with E-state index in [2.05, 4.69) is 5.10 Å². The first-order valence-electron chi connectivity index (χ1n) is 8.77. The van der Waals surface area contributed by atoms with Crippen LogP contribution in [-0.2, 0) is 11.8 Å². The number of benzene rings is 1. The summed E-state index contributed by atoms with van der Waals surface area (Å²) in [4.78, 5) is 11.5. The van der Waals surface area contributed by atoms with Crippen molar-refractivity contribution in [3.05, 3.63) is 53.1 Å². The van der Waals surface area contributed by atoms with Crippen molar-refractivity contribution in [3.8, 4) is 5.82 Å². The molecule has 0 spiro atoms. The molecular formula is C20H20FN3O2. The zero-order chi connectivity index (χ0) is 18.4. The average molecular weight is 353 g/mol. The van der Waals surface area contributed by atoms with Gasteiger partial charge in [0.15, 0.2) is 0 Å². The molecule has 2 heterocycles. The first kappa shape index (κ1) is 16.6. The number of carboxylic acid groups (broad SMARTS) is 1. The van der Waals surface area contributed by atoms with Crippen LogP contribution in [0.5, 0.6) is 0 Å². The van der Waals surface area contributed by atoms with Gasteiger partial charge in [-0.05, 0) is 49.6 Å². The van der Waals surface area contributed by atoms with Gasteiger partial charge < -0.3 is 9.67 Å². The van der Waals surface area contributed by atoms with Crippen molar-refractivity contribution in [2.45, 2.75) is 32.1 Å². The average Bonchev–Trinajstić information content (AvgIpc) is 3.29. The Morgan fingerprint density at radius 1 is 1.38 bits per heavy atom. The number of aliphatic carboxylic acids is 1. The summed E-state index contributed by atoms with van der Waals surface area (Å²) >= 11 is 0. The smallest absolute Gasteiger partial charge is 0.331 e. The summed E-state index contributed by atoms with van der Waals surface area (Å²) in [7, 11) is 1.86. The molecule has 0 radical (unpaired) electrons. The molecule has 0 bridgehead atoms. The van der Waals surface area contributed by atoms with Gasteiger partial charge in [0.25, 0.3) is 0 Å². The molecule has 1 N–H and O–H groups in total. The minimum Gasteiger partial charge on any atom is -0.478 e. The summed E-state index contributed by atoms with van der Waals surface area (Å²) in [6.45, 7) is 1.83. The zero-order valence-corrected chi connectivity index (χ0v) is 14.7. The molecule has 2 aromatic heterocycles. The van der Waals surface area contributed by atoms with Crippen molar-refractivity contribution < 1.29 is 14.3 Å². The van der Waals surface area contributed by atoms with E-state index in [0.29, 0.717) is 17.9 Å². The Kier molecular flexibility index (Phi) is 3.90. The van der Waals surface area contributed by atoms with Crippen LogP contribution in [-0.4, -0.2) is 25.4 Å². The van der Waals surface area contributed by atoms with Crippen LogP contribution in [0.2, 0.25) is 0 Å². The third kappa shape index (κ3) is 2.71. The van der Waals surface area contributed by atoms with Crippen molar-refractivity contribution in [1.29, 1.82) is 0 Å². The first-order chi connectivity index (χ1) is 12.5. The third-order valence-corrected chi connectivity index (χ3v) is 4.90. The monoisotopic (exact) mass is 353 g/mol. The minimum atomic E-state index is -0.913. The summed E-state index contributed by atoms with van der Waals surface area (Å²) in [5.41, 5.74) is 3.00. The van der Waals surface area contributed by atoms with E-state index in [1.165, 1.54) is 12.1 Å². The Balaban J connectivity index is 1.97. The van der Waals surface area contributed by atoms with E-state index < -0.39 is 5.97 Å². The van der Waals surface area contributed by atoms with E-state index in [-0.39, 0.29) is 5.82 Å². The number of aromatic nitrogens is 3. The molecule has 0 unspecified atom stereocenters. The number of fused-ring (bicyclic) bond motifs is 1. The predicted octanol–water partition coefficient (Wildman–Crippen LogP) is 4.26. The van der Waals surface area contributed by atoms with Gasteiger partial charge in [-0.25, -0.2) is 9.18 Å². The van der Waals surface area contributed by atoms with Crippen LogP contribution in [0, 0.1) is 5.82 Å². The fourth-order valence-corrected chi connectivity index (χ4v) is 3.42. The Bertz CT molecular complexity index is 1040. The number of rotatable bonds is 5. The number of hydrogen-bond donors (Lipinski definition) is 1. The molecule has 3 aromatic rings. The molecular weight excluding hydrogens is 333 g/mol. The highest BCUT2D eigenvalue weighted by Crippen LogP contribution is 2.43. The molecule has 6 heteroatoms. The predicted molar refractivity (Wildman–Crippen MR) is 97.9 cm³/mol. The van der Waals surface area contributed by atoms with Crippen molar-refractivity contribution in [1.82, 2.24) is 14.3 Å².